The second-order valence-corrected chi connectivity index (χ2v) is 4.35. The third kappa shape index (κ3) is 3.07. The molecule has 0 spiro atoms. The first-order valence-electron chi connectivity index (χ1n) is 5.82. The van der Waals surface area contributed by atoms with E-state index in [1.165, 1.54) is 0 Å². The van der Waals surface area contributed by atoms with Gasteiger partial charge in [0.05, 0.1) is 0 Å². The number of hydrogen-bond donors (Lipinski definition) is 0. The summed E-state index contributed by atoms with van der Waals surface area (Å²) in [6, 6.07) is 9.74. The Morgan fingerprint density at radius 3 is 2.71 bits per heavy atom. The third-order valence-corrected chi connectivity index (χ3v) is 2.97. The lowest BCUT2D eigenvalue weighted by atomic mass is 10.1. The van der Waals surface area contributed by atoms with Gasteiger partial charge < -0.3 is 4.42 Å². The van der Waals surface area contributed by atoms with Gasteiger partial charge in [-0.1, -0.05) is 43.7 Å². The van der Waals surface area contributed by atoms with Gasteiger partial charge in [0.1, 0.15) is 5.38 Å². The molecule has 0 aliphatic heterocycles. The van der Waals surface area contributed by atoms with Crippen molar-refractivity contribution >= 4 is 11.6 Å². The first kappa shape index (κ1) is 12.1. The molecular formula is C13H15ClN2O. The summed E-state index contributed by atoms with van der Waals surface area (Å²) in [7, 11) is 0. The highest BCUT2D eigenvalue weighted by molar-refractivity contribution is 6.22. The normalized spacial score (nSPS) is 12.6. The SMILES string of the molecule is CCCCc1nnc(C(Cl)c2ccccc2)o1. The van der Waals surface area contributed by atoms with E-state index in [2.05, 4.69) is 17.1 Å². The van der Waals surface area contributed by atoms with Crippen molar-refractivity contribution in [3.05, 3.63) is 47.7 Å². The van der Waals surface area contributed by atoms with Gasteiger partial charge in [0, 0.05) is 6.42 Å². The Morgan fingerprint density at radius 1 is 1.24 bits per heavy atom. The largest absolute Gasteiger partial charge is 0.423 e. The van der Waals surface area contributed by atoms with Crippen molar-refractivity contribution in [3.8, 4) is 0 Å². The Balaban J connectivity index is 2.09. The Hall–Kier alpha value is -1.35. The van der Waals surface area contributed by atoms with Crippen LogP contribution in [0.5, 0.6) is 0 Å². The molecule has 4 heteroatoms. The van der Waals surface area contributed by atoms with E-state index in [0.717, 1.165) is 24.8 Å². The molecular weight excluding hydrogens is 236 g/mol. The monoisotopic (exact) mass is 250 g/mol. The molecule has 1 unspecified atom stereocenters. The fourth-order valence-corrected chi connectivity index (χ4v) is 1.80. The van der Waals surface area contributed by atoms with E-state index in [4.69, 9.17) is 16.0 Å². The van der Waals surface area contributed by atoms with Crippen LogP contribution >= 0.6 is 11.6 Å². The standard InChI is InChI=1S/C13H15ClN2O/c1-2-3-9-11-15-16-13(17-11)12(14)10-7-5-4-6-8-10/h4-8,12H,2-3,9H2,1H3. The zero-order valence-corrected chi connectivity index (χ0v) is 10.5. The molecule has 0 radical (unpaired) electrons. The van der Waals surface area contributed by atoms with Gasteiger partial charge in [0.15, 0.2) is 0 Å². The highest BCUT2D eigenvalue weighted by atomic mass is 35.5. The maximum absolute atomic E-state index is 6.28. The van der Waals surface area contributed by atoms with Crippen molar-refractivity contribution in [2.75, 3.05) is 0 Å². The number of aromatic nitrogens is 2. The first-order chi connectivity index (χ1) is 8.31. The lowest BCUT2D eigenvalue weighted by Gasteiger charge is -2.03. The fraction of sp³-hybridized carbons (Fsp3) is 0.385. The topological polar surface area (TPSA) is 38.9 Å². The maximum atomic E-state index is 6.28. The van der Waals surface area contributed by atoms with Crippen molar-refractivity contribution in [3.63, 3.8) is 0 Å². The predicted octanol–water partition coefficient (Wildman–Crippen LogP) is 3.74. The van der Waals surface area contributed by atoms with Gasteiger partial charge in [-0.05, 0) is 12.0 Å². The second-order valence-electron chi connectivity index (χ2n) is 3.91. The van der Waals surface area contributed by atoms with Gasteiger partial charge in [0.2, 0.25) is 11.8 Å². The molecule has 1 heterocycles. The van der Waals surface area contributed by atoms with Gasteiger partial charge in [0.25, 0.3) is 0 Å². The van der Waals surface area contributed by atoms with Crippen molar-refractivity contribution in [1.29, 1.82) is 0 Å². The molecule has 0 saturated carbocycles. The Kier molecular flexibility index (Phi) is 4.15. The van der Waals surface area contributed by atoms with Crippen LogP contribution in [0, 0.1) is 0 Å². The van der Waals surface area contributed by atoms with Crippen LogP contribution in [0.2, 0.25) is 0 Å². The minimum Gasteiger partial charge on any atom is -0.423 e. The molecule has 1 aromatic carbocycles. The molecule has 0 saturated heterocycles. The molecule has 3 nitrogen and oxygen atoms in total. The van der Waals surface area contributed by atoms with Crippen molar-refractivity contribution in [1.82, 2.24) is 10.2 Å². The van der Waals surface area contributed by atoms with E-state index >= 15 is 0 Å². The summed E-state index contributed by atoms with van der Waals surface area (Å²) >= 11 is 6.28. The van der Waals surface area contributed by atoms with Crippen molar-refractivity contribution in [2.45, 2.75) is 31.6 Å². The van der Waals surface area contributed by atoms with Crippen LogP contribution < -0.4 is 0 Å². The third-order valence-electron chi connectivity index (χ3n) is 2.54. The highest BCUT2D eigenvalue weighted by Crippen LogP contribution is 2.27. The van der Waals surface area contributed by atoms with Crippen LogP contribution in [0.25, 0.3) is 0 Å². The molecule has 0 amide bonds. The number of aryl methyl sites for hydroxylation is 1. The van der Waals surface area contributed by atoms with E-state index in [9.17, 15) is 0 Å². The smallest absolute Gasteiger partial charge is 0.238 e. The zero-order valence-electron chi connectivity index (χ0n) is 9.77. The molecule has 1 atom stereocenters. The fourth-order valence-electron chi connectivity index (χ4n) is 1.56. The van der Waals surface area contributed by atoms with Crippen LogP contribution in [-0.2, 0) is 6.42 Å². The van der Waals surface area contributed by atoms with E-state index < -0.39 is 0 Å². The quantitative estimate of drug-likeness (QED) is 0.759. The number of benzene rings is 1. The highest BCUT2D eigenvalue weighted by Gasteiger charge is 2.17. The van der Waals surface area contributed by atoms with Gasteiger partial charge in [-0.2, -0.15) is 0 Å². The van der Waals surface area contributed by atoms with E-state index in [1.54, 1.807) is 0 Å². The average Bonchev–Trinajstić information content (AvgIpc) is 2.85. The lowest BCUT2D eigenvalue weighted by Crippen LogP contribution is -1.92. The number of hydrogen-bond acceptors (Lipinski definition) is 3. The zero-order chi connectivity index (χ0) is 12.1. The Labute approximate surface area is 106 Å². The Morgan fingerprint density at radius 2 is 2.00 bits per heavy atom. The summed E-state index contributed by atoms with van der Waals surface area (Å²) in [5, 5.41) is 7.63. The van der Waals surface area contributed by atoms with Crippen LogP contribution in [0.1, 0.15) is 42.5 Å². The lowest BCUT2D eigenvalue weighted by molar-refractivity contribution is 0.448. The van der Waals surface area contributed by atoms with Gasteiger partial charge >= 0.3 is 0 Å². The number of halogens is 1. The van der Waals surface area contributed by atoms with Crippen LogP contribution in [0.15, 0.2) is 34.7 Å². The van der Waals surface area contributed by atoms with Gasteiger partial charge in [-0.15, -0.1) is 21.8 Å². The molecule has 2 rings (SSSR count). The molecule has 0 fully saturated rings. The van der Waals surface area contributed by atoms with Crippen LogP contribution in [-0.4, -0.2) is 10.2 Å². The van der Waals surface area contributed by atoms with Crippen molar-refractivity contribution in [2.24, 2.45) is 0 Å². The molecule has 2 aromatic rings. The number of nitrogens with zero attached hydrogens (tertiary/aromatic N) is 2. The number of rotatable bonds is 5. The second kappa shape index (κ2) is 5.82. The van der Waals surface area contributed by atoms with Crippen molar-refractivity contribution < 1.29 is 4.42 Å². The van der Waals surface area contributed by atoms with Gasteiger partial charge in [-0.3, -0.25) is 0 Å². The maximum Gasteiger partial charge on any atom is 0.238 e. The summed E-state index contributed by atoms with van der Waals surface area (Å²) < 4.78 is 5.55. The molecule has 0 bridgehead atoms. The number of alkyl halides is 1. The van der Waals surface area contributed by atoms with Crippen LogP contribution in [0.3, 0.4) is 0 Å². The summed E-state index contributed by atoms with van der Waals surface area (Å²) in [6.45, 7) is 2.13. The Bertz CT molecular complexity index is 455. The molecule has 17 heavy (non-hydrogen) atoms. The average molecular weight is 251 g/mol. The molecule has 90 valence electrons. The van der Waals surface area contributed by atoms with E-state index in [1.807, 2.05) is 30.3 Å². The molecule has 0 aliphatic rings. The first-order valence-corrected chi connectivity index (χ1v) is 6.26. The van der Waals surface area contributed by atoms with Crippen LogP contribution in [0.4, 0.5) is 0 Å². The van der Waals surface area contributed by atoms with E-state index in [-0.39, 0.29) is 5.38 Å². The summed E-state index contributed by atoms with van der Waals surface area (Å²) in [5.74, 6) is 1.15. The minimum atomic E-state index is -0.362. The van der Waals surface area contributed by atoms with E-state index in [0.29, 0.717) is 11.8 Å². The predicted molar refractivity (Wildman–Crippen MR) is 67.0 cm³/mol. The summed E-state index contributed by atoms with van der Waals surface area (Å²) in [6.07, 6.45) is 2.99. The van der Waals surface area contributed by atoms with Gasteiger partial charge in [-0.25, -0.2) is 0 Å². The summed E-state index contributed by atoms with van der Waals surface area (Å²) in [5.41, 5.74) is 0.972. The number of unbranched alkanes of at least 4 members (excludes halogenated alkanes) is 1. The molecule has 0 aliphatic carbocycles. The molecule has 1 aromatic heterocycles. The summed E-state index contributed by atoms with van der Waals surface area (Å²) in [4.78, 5) is 0. The minimum absolute atomic E-state index is 0.362. The molecule has 0 N–H and O–H groups in total.